The number of hydrogen-bond acceptors (Lipinski definition) is 2. The van der Waals surface area contributed by atoms with Crippen molar-refractivity contribution in [3.05, 3.63) is 24.0 Å². The van der Waals surface area contributed by atoms with E-state index in [4.69, 9.17) is 0 Å². The van der Waals surface area contributed by atoms with E-state index in [-0.39, 0.29) is 0 Å². The lowest BCUT2D eigenvalue weighted by Gasteiger charge is -2.47. The Bertz CT molecular complexity index is 384. The third-order valence-electron chi connectivity index (χ3n) is 4.96. The van der Waals surface area contributed by atoms with E-state index in [1.807, 2.05) is 0 Å². The minimum absolute atomic E-state index is 0.714. The summed E-state index contributed by atoms with van der Waals surface area (Å²) < 4.78 is 2.21. The molecule has 3 heterocycles. The van der Waals surface area contributed by atoms with Gasteiger partial charge in [0.15, 0.2) is 0 Å². The molecule has 3 heteroatoms. The molecule has 2 aliphatic heterocycles. The molecule has 0 amide bonds. The lowest BCUT2D eigenvalue weighted by atomic mass is 9.82. The van der Waals surface area contributed by atoms with Gasteiger partial charge in [0.1, 0.15) is 0 Å². The van der Waals surface area contributed by atoms with Crippen molar-refractivity contribution in [3.8, 4) is 0 Å². The Kier molecular flexibility index (Phi) is 3.44. The van der Waals surface area contributed by atoms with Crippen molar-refractivity contribution in [1.82, 2.24) is 14.8 Å². The zero-order valence-corrected chi connectivity index (χ0v) is 11.6. The number of aryl methyl sites for hydroxylation is 1. The molecular formula is C15H25N3. The Balaban J connectivity index is 1.57. The standard InChI is InChI=1S/C15H25N3/c1-17-8-4-7-15(17)11-16-12-9-13-5-3-6-14(10-12)18(13)2/h4,7-8,12-14,16H,3,5-6,9-11H2,1-2H3. The van der Waals surface area contributed by atoms with Gasteiger partial charge in [0, 0.05) is 43.6 Å². The summed E-state index contributed by atoms with van der Waals surface area (Å²) in [5.74, 6) is 0. The SMILES string of the molecule is CN1C2CCCC1CC(NCc1cccn1C)C2. The van der Waals surface area contributed by atoms with E-state index in [0.717, 1.165) is 18.6 Å². The summed E-state index contributed by atoms with van der Waals surface area (Å²) in [5, 5.41) is 3.77. The number of rotatable bonds is 3. The first-order valence-corrected chi connectivity index (χ1v) is 7.29. The Morgan fingerprint density at radius 1 is 1.22 bits per heavy atom. The molecule has 2 unspecified atom stereocenters. The van der Waals surface area contributed by atoms with Crippen molar-refractivity contribution in [3.63, 3.8) is 0 Å². The van der Waals surface area contributed by atoms with E-state index in [2.05, 4.69) is 47.2 Å². The van der Waals surface area contributed by atoms with Gasteiger partial charge in [-0.05, 0) is 44.9 Å². The number of hydrogen-bond donors (Lipinski definition) is 1. The van der Waals surface area contributed by atoms with Crippen molar-refractivity contribution in [2.75, 3.05) is 7.05 Å². The van der Waals surface area contributed by atoms with Crippen molar-refractivity contribution < 1.29 is 0 Å². The average molecular weight is 247 g/mol. The Hall–Kier alpha value is -0.800. The molecule has 0 aliphatic carbocycles. The van der Waals surface area contributed by atoms with Gasteiger partial charge in [-0.1, -0.05) is 6.42 Å². The summed E-state index contributed by atoms with van der Waals surface area (Å²) in [6.07, 6.45) is 9.02. The molecule has 0 aromatic carbocycles. The van der Waals surface area contributed by atoms with E-state index >= 15 is 0 Å². The van der Waals surface area contributed by atoms with Crippen LogP contribution in [0.1, 0.15) is 37.8 Å². The van der Waals surface area contributed by atoms with Crippen LogP contribution in [0.15, 0.2) is 18.3 Å². The minimum atomic E-state index is 0.714. The highest BCUT2D eigenvalue weighted by molar-refractivity contribution is 5.06. The lowest BCUT2D eigenvalue weighted by molar-refractivity contribution is 0.0481. The largest absolute Gasteiger partial charge is 0.353 e. The molecule has 2 fully saturated rings. The van der Waals surface area contributed by atoms with E-state index in [0.29, 0.717) is 6.04 Å². The monoisotopic (exact) mass is 247 g/mol. The van der Waals surface area contributed by atoms with Gasteiger partial charge in [0.25, 0.3) is 0 Å². The van der Waals surface area contributed by atoms with Crippen molar-refractivity contribution in [1.29, 1.82) is 0 Å². The van der Waals surface area contributed by atoms with Gasteiger partial charge in [-0.2, -0.15) is 0 Å². The van der Waals surface area contributed by atoms with Crippen LogP contribution in [0.5, 0.6) is 0 Å². The van der Waals surface area contributed by atoms with Gasteiger partial charge in [0.2, 0.25) is 0 Å². The quantitative estimate of drug-likeness (QED) is 0.883. The Morgan fingerprint density at radius 3 is 2.56 bits per heavy atom. The second-order valence-corrected chi connectivity index (χ2v) is 6.06. The smallest absolute Gasteiger partial charge is 0.0361 e. The number of aromatic nitrogens is 1. The molecule has 100 valence electrons. The predicted molar refractivity (Wildman–Crippen MR) is 74.5 cm³/mol. The van der Waals surface area contributed by atoms with E-state index in [1.165, 1.54) is 37.8 Å². The zero-order chi connectivity index (χ0) is 12.5. The van der Waals surface area contributed by atoms with Gasteiger partial charge in [-0.15, -0.1) is 0 Å². The number of fused-ring (bicyclic) bond motifs is 2. The van der Waals surface area contributed by atoms with Gasteiger partial charge >= 0.3 is 0 Å². The molecule has 2 bridgehead atoms. The zero-order valence-electron chi connectivity index (χ0n) is 11.6. The van der Waals surface area contributed by atoms with Crippen molar-refractivity contribution in [2.45, 2.75) is 56.8 Å². The highest BCUT2D eigenvalue weighted by atomic mass is 15.2. The molecule has 0 saturated carbocycles. The van der Waals surface area contributed by atoms with Gasteiger partial charge in [-0.25, -0.2) is 0 Å². The summed E-state index contributed by atoms with van der Waals surface area (Å²) in [7, 11) is 4.45. The first-order valence-electron chi connectivity index (χ1n) is 7.29. The topological polar surface area (TPSA) is 20.2 Å². The Morgan fingerprint density at radius 2 is 1.94 bits per heavy atom. The first-order chi connectivity index (χ1) is 8.74. The second-order valence-electron chi connectivity index (χ2n) is 6.06. The highest BCUT2D eigenvalue weighted by Crippen LogP contribution is 2.32. The molecule has 1 aromatic heterocycles. The van der Waals surface area contributed by atoms with Crippen LogP contribution in [-0.2, 0) is 13.6 Å². The molecule has 0 spiro atoms. The summed E-state index contributed by atoms with van der Waals surface area (Å²) in [6, 6.07) is 6.70. The van der Waals surface area contributed by atoms with E-state index in [1.54, 1.807) is 0 Å². The fourth-order valence-corrected chi connectivity index (χ4v) is 3.71. The van der Waals surface area contributed by atoms with Crippen molar-refractivity contribution in [2.24, 2.45) is 7.05 Å². The third-order valence-corrected chi connectivity index (χ3v) is 4.96. The second kappa shape index (κ2) is 5.06. The van der Waals surface area contributed by atoms with Crippen LogP contribution in [0.2, 0.25) is 0 Å². The van der Waals surface area contributed by atoms with Crippen molar-refractivity contribution >= 4 is 0 Å². The highest BCUT2D eigenvalue weighted by Gasteiger charge is 2.35. The molecule has 18 heavy (non-hydrogen) atoms. The van der Waals surface area contributed by atoms with Crippen LogP contribution in [0.3, 0.4) is 0 Å². The molecule has 2 atom stereocenters. The van der Waals surface area contributed by atoms with Crippen LogP contribution in [-0.4, -0.2) is 34.6 Å². The molecular weight excluding hydrogens is 222 g/mol. The molecule has 3 nitrogen and oxygen atoms in total. The van der Waals surface area contributed by atoms with Crippen LogP contribution in [0.25, 0.3) is 0 Å². The molecule has 2 saturated heterocycles. The number of piperidine rings is 2. The summed E-state index contributed by atoms with van der Waals surface area (Å²) in [4.78, 5) is 2.63. The summed E-state index contributed by atoms with van der Waals surface area (Å²) in [5.41, 5.74) is 1.39. The van der Waals surface area contributed by atoms with Crippen LogP contribution in [0.4, 0.5) is 0 Å². The van der Waals surface area contributed by atoms with Crippen LogP contribution < -0.4 is 5.32 Å². The van der Waals surface area contributed by atoms with Gasteiger partial charge in [0.05, 0.1) is 0 Å². The maximum Gasteiger partial charge on any atom is 0.0361 e. The summed E-state index contributed by atoms with van der Waals surface area (Å²) in [6.45, 7) is 1.01. The minimum Gasteiger partial charge on any atom is -0.353 e. The van der Waals surface area contributed by atoms with Gasteiger partial charge in [-0.3, -0.25) is 0 Å². The van der Waals surface area contributed by atoms with Crippen LogP contribution in [0, 0.1) is 0 Å². The number of nitrogens with zero attached hydrogens (tertiary/aromatic N) is 2. The fraction of sp³-hybridized carbons (Fsp3) is 0.733. The van der Waals surface area contributed by atoms with E-state index < -0.39 is 0 Å². The third kappa shape index (κ3) is 2.34. The van der Waals surface area contributed by atoms with Crippen LogP contribution >= 0.6 is 0 Å². The molecule has 0 radical (unpaired) electrons. The Labute approximate surface area is 110 Å². The average Bonchev–Trinajstić information content (AvgIpc) is 2.73. The fourth-order valence-electron chi connectivity index (χ4n) is 3.71. The molecule has 3 rings (SSSR count). The lowest BCUT2D eigenvalue weighted by Crippen LogP contribution is -2.54. The molecule has 1 aromatic rings. The number of nitrogens with one attached hydrogen (secondary N) is 1. The first kappa shape index (κ1) is 12.2. The van der Waals surface area contributed by atoms with E-state index in [9.17, 15) is 0 Å². The summed E-state index contributed by atoms with van der Waals surface area (Å²) >= 11 is 0. The predicted octanol–water partition coefficient (Wildman–Crippen LogP) is 2.13. The maximum absolute atomic E-state index is 3.77. The maximum atomic E-state index is 3.77. The van der Waals surface area contributed by atoms with Gasteiger partial charge < -0.3 is 14.8 Å². The normalized spacial score (nSPS) is 32.7. The molecule has 1 N–H and O–H groups in total. The molecule has 2 aliphatic rings.